The van der Waals surface area contributed by atoms with Gasteiger partial charge in [0.15, 0.2) is 0 Å². The van der Waals surface area contributed by atoms with Crippen molar-refractivity contribution in [2.24, 2.45) is 5.73 Å². The Kier molecular flexibility index (Phi) is 4.04. The highest BCUT2D eigenvalue weighted by Crippen LogP contribution is 2.31. The number of furan rings is 1. The van der Waals surface area contributed by atoms with E-state index in [9.17, 15) is 9.59 Å². The van der Waals surface area contributed by atoms with Crippen LogP contribution in [0.5, 0.6) is 0 Å². The zero-order chi connectivity index (χ0) is 16.6. The van der Waals surface area contributed by atoms with Crippen LogP contribution in [0.1, 0.15) is 32.1 Å². The lowest BCUT2D eigenvalue weighted by Gasteiger charge is -2.18. The van der Waals surface area contributed by atoms with Crippen molar-refractivity contribution in [3.05, 3.63) is 40.0 Å². The molecule has 0 bridgehead atoms. The molecule has 1 unspecified atom stereocenters. The third kappa shape index (κ3) is 2.46. The van der Waals surface area contributed by atoms with Gasteiger partial charge in [0.25, 0.3) is 5.56 Å². The van der Waals surface area contributed by atoms with Crippen LogP contribution in [0.3, 0.4) is 0 Å². The lowest BCUT2D eigenvalue weighted by atomic mass is 10.1. The second kappa shape index (κ2) is 6.00. The van der Waals surface area contributed by atoms with E-state index in [1.54, 1.807) is 18.4 Å². The second-order valence-corrected chi connectivity index (χ2v) is 6.05. The summed E-state index contributed by atoms with van der Waals surface area (Å²) in [7, 11) is 0. The van der Waals surface area contributed by atoms with Gasteiger partial charge in [-0.1, -0.05) is 13.8 Å². The zero-order valence-electron chi connectivity index (χ0n) is 12.9. The van der Waals surface area contributed by atoms with Gasteiger partial charge in [-0.3, -0.25) is 14.2 Å². The predicted molar refractivity (Wildman–Crippen MR) is 89.5 cm³/mol. The lowest BCUT2D eigenvalue weighted by molar-refractivity contribution is -0.121. The molecule has 0 aliphatic rings. The number of carbonyl (C=O) groups excluding carboxylic acids is 1. The van der Waals surface area contributed by atoms with Crippen LogP contribution in [0, 0.1) is 0 Å². The van der Waals surface area contributed by atoms with Gasteiger partial charge in [0.2, 0.25) is 5.91 Å². The van der Waals surface area contributed by atoms with E-state index in [0.717, 1.165) is 0 Å². The van der Waals surface area contributed by atoms with E-state index in [-0.39, 0.29) is 5.56 Å². The molecule has 1 amide bonds. The van der Waals surface area contributed by atoms with E-state index >= 15 is 0 Å². The molecule has 3 aromatic rings. The third-order valence-electron chi connectivity index (χ3n) is 3.84. The molecule has 0 spiro atoms. The Hall–Kier alpha value is -2.41. The number of carbonyl (C=O) groups is 1. The second-order valence-electron chi connectivity index (χ2n) is 5.19. The molecule has 1 atom stereocenters. The minimum absolute atomic E-state index is 0.245. The zero-order valence-corrected chi connectivity index (χ0v) is 13.7. The van der Waals surface area contributed by atoms with Gasteiger partial charge in [-0.2, -0.15) is 0 Å². The van der Waals surface area contributed by atoms with Crippen LogP contribution in [-0.2, 0) is 11.2 Å². The molecule has 0 aliphatic carbocycles. The van der Waals surface area contributed by atoms with Gasteiger partial charge in [-0.15, -0.1) is 11.3 Å². The molecule has 0 saturated carbocycles. The van der Waals surface area contributed by atoms with E-state index in [0.29, 0.717) is 40.2 Å². The molecule has 2 N–H and O–H groups in total. The van der Waals surface area contributed by atoms with E-state index in [1.807, 2.05) is 19.2 Å². The van der Waals surface area contributed by atoms with Gasteiger partial charge in [0.05, 0.1) is 11.6 Å². The molecule has 120 valence electrons. The minimum atomic E-state index is -0.696. The Bertz CT molecular complexity index is 909. The highest BCUT2D eigenvalue weighted by molar-refractivity contribution is 7.17. The van der Waals surface area contributed by atoms with Crippen LogP contribution in [0.25, 0.3) is 21.5 Å². The molecule has 23 heavy (non-hydrogen) atoms. The lowest BCUT2D eigenvalue weighted by Crippen LogP contribution is -2.36. The Morgan fingerprint density at radius 3 is 2.83 bits per heavy atom. The average Bonchev–Trinajstić information content (AvgIpc) is 3.18. The quantitative estimate of drug-likeness (QED) is 0.778. The standard InChI is InChI=1S/C16H17N3O3S/c1-3-10(14(17)20)19-12(4-2)18-15-13(16(19)21)9(8-23-15)11-6-5-7-22-11/h5-8,10H,3-4H2,1-2H3,(H2,17,20). The normalized spacial score (nSPS) is 12.6. The van der Waals surface area contributed by atoms with E-state index in [1.165, 1.54) is 15.9 Å². The first-order chi connectivity index (χ1) is 11.1. The number of primary amides is 1. The number of rotatable bonds is 5. The number of fused-ring (bicyclic) bond motifs is 1. The maximum Gasteiger partial charge on any atom is 0.263 e. The Morgan fingerprint density at radius 2 is 2.26 bits per heavy atom. The fourth-order valence-corrected chi connectivity index (χ4v) is 3.68. The molecule has 6 nitrogen and oxygen atoms in total. The summed E-state index contributed by atoms with van der Waals surface area (Å²) in [6.45, 7) is 3.73. The maximum absolute atomic E-state index is 13.1. The van der Waals surface area contributed by atoms with Gasteiger partial charge in [0, 0.05) is 17.4 Å². The number of nitrogens with two attached hydrogens (primary N) is 1. The molecule has 0 fully saturated rings. The summed E-state index contributed by atoms with van der Waals surface area (Å²) in [4.78, 5) is 30.0. The Labute approximate surface area is 136 Å². The van der Waals surface area contributed by atoms with E-state index in [4.69, 9.17) is 10.2 Å². The summed E-state index contributed by atoms with van der Waals surface area (Å²) in [5.41, 5.74) is 5.93. The monoisotopic (exact) mass is 331 g/mol. The summed E-state index contributed by atoms with van der Waals surface area (Å²) in [6.07, 6.45) is 2.54. The first kappa shape index (κ1) is 15.5. The topological polar surface area (TPSA) is 91.1 Å². The van der Waals surface area contributed by atoms with Crippen molar-refractivity contribution in [1.29, 1.82) is 0 Å². The minimum Gasteiger partial charge on any atom is -0.464 e. The van der Waals surface area contributed by atoms with Crippen LogP contribution in [0.2, 0.25) is 0 Å². The van der Waals surface area contributed by atoms with Crippen molar-refractivity contribution in [2.45, 2.75) is 32.7 Å². The number of amides is 1. The first-order valence-electron chi connectivity index (χ1n) is 7.44. The number of aryl methyl sites for hydroxylation is 1. The Balaban J connectivity index is 2.35. The largest absolute Gasteiger partial charge is 0.464 e. The average molecular weight is 331 g/mol. The van der Waals surface area contributed by atoms with Crippen LogP contribution >= 0.6 is 11.3 Å². The predicted octanol–water partition coefficient (Wildman–Crippen LogP) is 2.72. The molecule has 0 radical (unpaired) electrons. The molecule has 0 saturated heterocycles. The summed E-state index contributed by atoms with van der Waals surface area (Å²) in [6, 6.07) is 2.87. The summed E-state index contributed by atoms with van der Waals surface area (Å²) >= 11 is 1.39. The van der Waals surface area contributed by atoms with Crippen LogP contribution in [-0.4, -0.2) is 15.5 Å². The SMILES string of the molecule is CCc1nc2scc(-c3ccco3)c2c(=O)n1C(CC)C(N)=O. The highest BCUT2D eigenvalue weighted by Gasteiger charge is 2.24. The van der Waals surface area contributed by atoms with Crippen molar-refractivity contribution in [3.63, 3.8) is 0 Å². The van der Waals surface area contributed by atoms with Gasteiger partial charge >= 0.3 is 0 Å². The molecule has 3 heterocycles. The smallest absolute Gasteiger partial charge is 0.263 e. The molecular weight excluding hydrogens is 314 g/mol. The van der Waals surface area contributed by atoms with Crippen molar-refractivity contribution < 1.29 is 9.21 Å². The van der Waals surface area contributed by atoms with Gasteiger partial charge in [-0.05, 0) is 18.6 Å². The molecule has 7 heteroatoms. The van der Waals surface area contributed by atoms with Crippen LogP contribution in [0.15, 0.2) is 33.0 Å². The van der Waals surface area contributed by atoms with Gasteiger partial charge < -0.3 is 10.2 Å². The first-order valence-corrected chi connectivity index (χ1v) is 8.32. The van der Waals surface area contributed by atoms with Crippen molar-refractivity contribution in [3.8, 4) is 11.3 Å². The number of nitrogens with zero attached hydrogens (tertiary/aromatic N) is 2. The van der Waals surface area contributed by atoms with Crippen molar-refractivity contribution in [1.82, 2.24) is 9.55 Å². The molecule has 0 aliphatic heterocycles. The molecule has 3 aromatic heterocycles. The fourth-order valence-electron chi connectivity index (χ4n) is 2.74. The highest BCUT2D eigenvalue weighted by atomic mass is 32.1. The van der Waals surface area contributed by atoms with Gasteiger partial charge in [-0.25, -0.2) is 4.98 Å². The number of hydrogen-bond acceptors (Lipinski definition) is 5. The number of aromatic nitrogens is 2. The van der Waals surface area contributed by atoms with Gasteiger partial charge in [0.1, 0.15) is 22.5 Å². The van der Waals surface area contributed by atoms with Crippen molar-refractivity contribution in [2.75, 3.05) is 0 Å². The van der Waals surface area contributed by atoms with Crippen molar-refractivity contribution >= 4 is 27.5 Å². The summed E-state index contributed by atoms with van der Waals surface area (Å²) < 4.78 is 6.85. The fraction of sp³-hybridized carbons (Fsp3) is 0.312. The molecular formula is C16H17N3O3S. The summed E-state index contributed by atoms with van der Waals surface area (Å²) in [5.74, 6) is 0.652. The van der Waals surface area contributed by atoms with Crippen LogP contribution in [0.4, 0.5) is 0 Å². The Morgan fingerprint density at radius 1 is 1.48 bits per heavy atom. The molecule has 0 aromatic carbocycles. The summed E-state index contributed by atoms with van der Waals surface area (Å²) in [5, 5.41) is 2.33. The number of thiophene rings is 1. The van der Waals surface area contributed by atoms with E-state index < -0.39 is 11.9 Å². The molecule has 3 rings (SSSR count). The van der Waals surface area contributed by atoms with Crippen LogP contribution < -0.4 is 11.3 Å². The maximum atomic E-state index is 13.1. The number of hydrogen-bond donors (Lipinski definition) is 1. The van der Waals surface area contributed by atoms with E-state index in [2.05, 4.69) is 4.98 Å². The third-order valence-corrected chi connectivity index (χ3v) is 4.71.